The van der Waals surface area contributed by atoms with Crippen LogP contribution in [0.1, 0.15) is 16.7 Å². The largest absolute Gasteiger partial charge is 0.326 e. The fourth-order valence-corrected chi connectivity index (χ4v) is 2.12. The average molecular weight is 226 g/mol. The summed E-state index contributed by atoms with van der Waals surface area (Å²) in [5, 5.41) is 0. The lowest BCUT2D eigenvalue weighted by Crippen LogP contribution is -2.03. The minimum Gasteiger partial charge on any atom is -0.326 e. The van der Waals surface area contributed by atoms with Gasteiger partial charge in [-0.15, -0.1) is 0 Å². The molecule has 4 N–H and O–H groups in total. The lowest BCUT2D eigenvalue weighted by Gasteiger charge is -2.12. The van der Waals surface area contributed by atoms with Crippen LogP contribution in [0.5, 0.6) is 0 Å². The van der Waals surface area contributed by atoms with Crippen molar-refractivity contribution in [3.63, 3.8) is 0 Å². The molecule has 2 rings (SSSR count). The van der Waals surface area contributed by atoms with Crippen LogP contribution in [0, 0.1) is 6.92 Å². The SMILES string of the molecule is Cc1ccc(-c2ccccc2CN)c(CN)c1. The molecule has 0 saturated heterocycles. The van der Waals surface area contributed by atoms with Crippen molar-refractivity contribution >= 4 is 0 Å². The summed E-state index contributed by atoms with van der Waals surface area (Å²) >= 11 is 0. The first-order chi connectivity index (χ1) is 8.26. The van der Waals surface area contributed by atoms with Crippen molar-refractivity contribution in [1.82, 2.24) is 0 Å². The second-order valence-corrected chi connectivity index (χ2v) is 4.23. The van der Waals surface area contributed by atoms with Crippen LogP contribution in [0.3, 0.4) is 0 Å². The van der Waals surface area contributed by atoms with Gasteiger partial charge in [0.25, 0.3) is 0 Å². The van der Waals surface area contributed by atoms with Crippen molar-refractivity contribution in [2.75, 3.05) is 0 Å². The highest BCUT2D eigenvalue weighted by atomic mass is 14.5. The van der Waals surface area contributed by atoms with E-state index in [9.17, 15) is 0 Å². The standard InChI is InChI=1S/C15H18N2/c1-11-6-7-15(13(8-11)10-17)14-5-3-2-4-12(14)9-16/h2-8H,9-10,16-17H2,1H3. The molecular formula is C15H18N2. The van der Waals surface area contributed by atoms with Crippen LogP contribution >= 0.6 is 0 Å². The highest BCUT2D eigenvalue weighted by Gasteiger charge is 2.07. The summed E-state index contributed by atoms with van der Waals surface area (Å²) in [6.07, 6.45) is 0. The molecule has 0 bridgehead atoms. The van der Waals surface area contributed by atoms with Crippen molar-refractivity contribution in [2.45, 2.75) is 20.0 Å². The summed E-state index contributed by atoms with van der Waals surface area (Å²) in [5.74, 6) is 0. The van der Waals surface area contributed by atoms with Crippen LogP contribution in [0.25, 0.3) is 11.1 Å². The molecule has 0 unspecified atom stereocenters. The van der Waals surface area contributed by atoms with E-state index >= 15 is 0 Å². The van der Waals surface area contributed by atoms with Gasteiger partial charge < -0.3 is 11.5 Å². The molecule has 0 aliphatic carbocycles. The molecule has 0 aliphatic rings. The Morgan fingerprint density at radius 3 is 2.18 bits per heavy atom. The first-order valence-electron chi connectivity index (χ1n) is 5.84. The summed E-state index contributed by atoms with van der Waals surface area (Å²) in [6, 6.07) is 14.6. The predicted molar refractivity (Wildman–Crippen MR) is 72.4 cm³/mol. The van der Waals surface area contributed by atoms with E-state index in [0.717, 1.165) is 5.56 Å². The number of aryl methyl sites for hydroxylation is 1. The van der Waals surface area contributed by atoms with E-state index in [1.165, 1.54) is 22.3 Å². The Bertz CT molecular complexity index is 518. The van der Waals surface area contributed by atoms with Crippen molar-refractivity contribution in [3.05, 3.63) is 59.2 Å². The maximum atomic E-state index is 5.82. The van der Waals surface area contributed by atoms with Gasteiger partial charge in [0.1, 0.15) is 0 Å². The summed E-state index contributed by atoms with van der Waals surface area (Å²) in [7, 11) is 0. The van der Waals surface area contributed by atoms with Gasteiger partial charge in [-0.25, -0.2) is 0 Å². The Labute approximate surface area is 102 Å². The fourth-order valence-electron chi connectivity index (χ4n) is 2.12. The van der Waals surface area contributed by atoms with Crippen LogP contribution in [-0.2, 0) is 13.1 Å². The molecule has 2 nitrogen and oxygen atoms in total. The summed E-state index contributed by atoms with van der Waals surface area (Å²) < 4.78 is 0. The van der Waals surface area contributed by atoms with Crippen molar-refractivity contribution in [1.29, 1.82) is 0 Å². The first kappa shape index (κ1) is 11.8. The minimum atomic E-state index is 0.550. The highest BCUT2D eigenvalue weighted by Crippen LogP contribution is 2.27. The quantitative estimate of drug-likeness (QED) is 0.845. The molecule has 0 saturated carbocycles. The smallest absolute Gasteiger partial charge is 0.0184 e. The van der Waals surface area contributed by atoms with Crippen molar-refractivity contribution in [3.8, 4) is 11.1 Å². The number of hydrogen-bond donors (Lipinski definition) is 2. The van der Waals surface area contributed by atoms with E-state index in [1.54, 1.807) is 0 Å². The van der Waals surface area contributed by atoms with E-state index in [4.69, 9.17) is 11.5 Å². The van der Waals surface area contributed by atoms with E-state index < -0.39 is 0 Å². The van der Waals surface area contributed by atoms with E-state index in [1.807, 2.05) is 12.1 Å². The molecule has 0 aromatic heterocycles. The minimum absolute atomic E-state index is 0.550. The predicted octanol–water partition coefficient (Wildman–Crippen LogP) is 2.58. The van der Waals surface area contributed by atoms with Crippen LogP contribution in [0.4, 0.5) is 0 Å². The topological polar surface area (TPSA) is 52.0 Å². The van der Waals surface area contributed by atoms with Gasteiger partial charge in [0.15, 0.2) is 0 Å². The molecule has 0 radical (unpaired) electrons. The Morgan fingerprint density at radius 1 is 0.824 bits per heavy atom. The number of nitrogens with two attached hydrogens (primary N) is 2. The third-order valence-corrected chi connectivity index (χ3v) is 3.01. The van der Waals surface area contributed by atoms with Gasteiger partial charge in [0, 0.05) is 13.1 Å². The van der Waals surface area contributed by atoms with E-state index in [2.05, 4.69) is 37.3 Å². The van der Waals surface area contributed by atoms with Crippen LogP contribution in [0.15, 0.2) is 42.5 Å². The lowest BCUT2D eigenvalue weighted by atomic mass is 9.94. The number of hydrogen-bond acceptors (Lipinski definition) is 2. The lowest BCUT2D eigenvalue weighted by molar-refractivity contribution is 1.05. The Kier molecular flexibility index (Phi) is 3.57. The van der Waals surface area contributed by atoms with Gasteiger partial charge in [0.05, 0.1) is 0 Å². The zero-order valence-electron chi connectivity index (χ0n) is 10.1. The highest BCUT2D eigenvalue weighted by molar-refractivity contribution is 5.71. The zero-order valence-corrected chi connectivity index (χ0v) is 10.1. The van der Waals surface area contributed by atoms with Gasteiger partial charge in [-0.3, -0.25) is 0 Å². The van der Waals surface area contributed by atoms with Gasteiger partial charge in [0.2, 0.25) is 0 Å². The molecular weight excluding hydrogens is 208 g/mol. The van der Waals surface area contributed by atoms with E-state index in [-0.39, 0.29) is 0 Å². The van der Waals surface area contributed by atoms with Gasteiger partial charge in [-0.2, -0.15) is 0 Å². The molecule has 17 heavy (non-hydrogen) atoms. The first-order valence-corrected chi connectivity index (χ1v) is 5.84. The molecule has 0 amide bonds. The third kappa shape index (κ3) is 2.38. The summed E-state index contributed by atoms with van der Waals surface area (Å²) in [5.41, 5.74) is 17.5. The molecule has 2 aromatic rings. The monoisotopic (exact) mass is 226 g/mol. The molecule has 0 fully saturated rings. The van der Waals surface area contributed by atoms with Gasteiger partial charge in [-0.1, -0.05) is 48.0 Å². The maximum absolute atomic E-state index is 5.82. The Hall–Kier alpha value is -1.64. The van der Waals surface area contributed by atoms with E-state index in [0.29, 0.717) is 13.1 Å². The maximum Gasteiger partial charge on any atom is 0.0184 e. The van der Waals surface area contributed by atoms with Gasteiger partial charge in [-0.05, 0) is 29.2 Å². The second kappa shape index (κ2) is 5.13. The Morgan fingerprint density at radius 2 is 1.47 bits per heavy atom. The molecule has 0 spiro atoms. The average Bonchev–Trinajstić information content (AvgIpc) is 2.38. The normalized spacial score (nSPS) is 10.5. The van der Waals surface area contributed by atoms with Gasteiger partial charge >= 0.3 is 0 Å². The second-order valence-electron chi connectivity index (χ2n) is 4.23. The molecule has 0 aliphatic heterocycles. The summed E-state index contributed by atoms with van der Waals surface area (Å²) in [4.78, 5) is 0. The van der Waals surface area contributed by atoms with Crippen LogP contribution < -0.4 is 11.5 Å². The Balaban J connectivity index is 2.59. The fraction of sp³-hybridized carbons (Fsp3) is 0.200. The molecule has 0 atom stereocenters. The molecule has 0 heterocycles. The van der Waals surface area contributed by atoms with Crippen LogP contribution in [0.2, 0.25) is 0 Å². The number of benzene rings is 2. The van der Waals surface area contributed by atoms with Crippen molar-refractivity contribution < 1.29 is 0 Å². The number of rotatable bonds is 3. The molecule has 88 valence electrons. The summed E-state index contributed by atoms with van der Waals surface area (Å²) in [6.45, 7) is 3.18. The zero-order chi connectivity index (χ0) is 12.3. The molecule has 2 aromatic carbocycles. The van der Waals surface area contributed by atoms with Crippen molar-refractivity contribution in [2.24, 2.45) is 11.5 Å². The third-order valence-electron chi connectivity index (χ3n) is 3.01. The van der Waals surface area contributed by atoms with Crippen LogP contribution in [-0.4, -0.2) is 0 Å². The molecule has 2 heteroatoms.